The Kier molecular flexibility index (Phi) is 1.31. The lowest BCUT2D eigenvalue weighted by Gasteiger charge is -2.64. The average Bonchev–Trinajstić information content (AvgIpc) is 1.56. The Balaban J connectivity index is 1.86. The van der Waals surface area contributed by atoms with Gasteiger partial charge in [-0.3, -0.25) is 0 Å². The maximum Gasteiger partial charge on any atom is 0.0603 e. The molecule has 0 saturated heterocycles. The second-order valence-corrected chi connectivity index (χ2v) is 3.94. The van der Waals surface area contributed by atoms with Gasteiger partial charge in [-0.05, 0) is 44.4 Å². The van der Waals surface area contributed by atoms with Crippen molar-refractivity contribution in [2.75, 3.05) is 6.61 Å². The fraction of sp³-hybridized carbons (Fsp3) is 1.00. The summed E-state index contributed by atoms with van der Waals surface area (Å²) in [5, 5.41) is 0. The van der Waals surface area contributed by atoms with Crippen LogP contribution in [0.1, 0.15) is 33.1 Å². The number of rotatable bonds is 3. The van der Waals surface area contributed by atoms with Crippen LogP contribution in [-0.2, 0) is 4.74 Å². The molecule has 3 aliphatic rings. The Morgan fingerprint density at radius 3 is 2.40 bits per heavy atom. The molecule has 3 saturated carbocycles. The summed E-state index contributed by atoms with van der Waals surface area (Å²) in [5.74, 6) is 1.09. The van der Waals surface area contributed by atoms with E-state index in [9.17, 15) is 0 Å². The monoisotopic (exact) mass is 140 g/mol. The zero-order chi connectivity index (χ0) is 7.19. The molecule has 10 heavy (non-hydrogen) atoms. The second kappa shape index (κ2) is 1.97. The van der Waals surface area contributed by atoms with E-state index in [4.69, 9.17) is 4.74 Å². The molecule has 1 nitrogen and oxygen atoms in total. The molecular weight excluding hydrogens is 124 g/mol. The van der Waals surface area contributed by atoms with Crippen molar-refractivity contribution >= 4 is 0 Å². The van der Waals surface area contributed by atoms with Crippen LogP contribution in [0.3, 0.4) is 0 Å². The minimum absolute atomic E-state index is 0.530. The predicted molar refractivity (Wildman–Crippen MR) is 40.9 cm³/mol. The summed E-state index contributed by atoms with van der Waals surface area (Å²) in [6, 6.07) is 0. The van der Waals surface area contributed by atoms with Gasteiger partial charge >= 0.3 is 0 Å². The van der Waals surface area contributed by atoms with Crippen LogP contribution < -0.4 is 0 Å². The van der Waals surface area contributed by atoms with E-state index in [1.54, 1.807) is 0 Å². The fourth-order valence-corrected chi connectivity index (χ4v) is 2.47. The van der Waals surface area contributed by atoms with Gasteiger partial charge in [0, 0.05) is 6.61 Å². The molecule has 0 aromatic carbocycles. The van der Waals surface area contributed by atoms with Crippen molar-refractivity contribution < 1.29 is 4.74 Å². The molecule has 1 atom stereocenters. The molecule has 3 aliphatic carbocycles. The third kappa shape index (κ3) is 0.672. The molecule has 2 bridgehead atoms. The minimum atomic E-state index is 0.530. The number of ether oxygens (including phenoxy) is 1. The SMILES string of the molecule is CCOC(C)C12CC(C1)C2. The normalized spacial score (nSPS) is 45.6. The van der Waals surface area contributed by atoms with Gasteiger partial charge in [0.25, 0.3) is 0 Å². The van der Waals surface area contributed by atoms with Gasteiger partial charge in [0.1, 0.15) is 0 Å². The van der Waals surface area contributed by atoms with Crippen molar-refractivity contribution in [3.05, 3.63) is 0 Å². The molecule has 0 heterocycles. The van der Waals surface area contributed by atoms with Crippen molar-refractivity contribution in [1.82, 2.24) is 0 Å². The average molecular weight is 140 g/mol. The molecule has 3 rings (SSSR count). The zero-order valence-corrected chi connectivity index (χ0v) is 6.89. The van der Waals surface area contributed by atoms with Crippen molar-refractivity contribution in [3.8, 4) is 0 Å². The zero-order valence-electron chi connectivity index (χ0n) is 6.89. The van der Waals surface area contributed by atoms with Crippen LogP contribution in [0.5, 0.6) is 0 Å². The third-order valence-corrected chi connectivity index (χ3v) is 3.36. The summed E-state index contributed by atoms with van der Waals surface area (Å²) in [6.45, 7) is 5.20. The van der Waals surface area contributed by atoms with E-state index in [0.717, 1.165) is 12.5 Å². The smallest absolute Gasteiger partial charge is 0.0603 e. The molecule has 1 unspecified atom stereocenters. The first-order valence-electron chi connectivity index (χ1n) is 4.38. The first-order chi connectivity index (χ1) is 4.77. The maximum absolute atomic E-state index is 5.59. The van der Waals surface area contributed by atoms with Gasteiger partial charge in [-0.15, -0.1) is 0 Å². The first kappa shape index (κ1) is 6.66. The van der Waals surface area contributed by atoms with Crippen molar-refractivity contribution in [2.45, 2.75) is 39.2 Å². The van der Waals surface area contributed by atoms with E-state index in [1.807, 2.05) is 0 Å². The van der Waals surface area contributed by atoms with Gasteiger partial charge in [0.05, 0.1) is 6.10 Å². The van der Waals surface area contributed by atoms with Gasteiger partial charge in [-0.2, -0.15) is 0 Å². The van der Waals surface area contributed by atoms with Crippen molar-refractivity contribution in [3.63, 3.8) is 0 Å². The van der Waals surface area contributed by atoms with Crippen LogP contribution in [0.4, 0.5) is 0 Å². The highest BCUT2D eigenvalue weighted by Crippen LogP contribution is 2.66. The quantitative estimate of drug-likeness (QED) is 0.584. The molecule has 0 spiro atoms. The summed E-state index contributed by atoms with van der Waals surface area (Å²) in [7, 11) is 0. The first-order valence-corrected chi connectivity index (χ1v) is 4.38. The highest BCUT2D eigenvalue weighted by Gasteiger charge is 2.59. The molecule has 0 aliphatic heterocycles. The summed E-state index contributed by atoms with van der Waals surface area (Å²) in [6.07, 6.45) is 4.89. The van der Waals surface area contributed by atoms with Crippen LogP contribution in [0.2, 0.25) is 0 Å². The van der Waals surface area contributed by atoms with Gasteiger partial charge in [-0.25, -0.2) is 0 Å². The molecule has 0 aromatic heterocycles. The highest BCUT2D eigenvalue weighted by atomic mass is 16.5. The van der Waals surface area contributed by atoms with Crippen LogP contribution in [0.15, 0.2) is 0 Å². The third-order valence-electron chi connectivity index (χ3n) is 3.36. The maximum atomic E-state index is 5.59. The minimum Gasteiger partial charge on any atom is -0.378 e. The largest absolute Gasteiger partial charge is 0.378 e. The number of hydrogen-bond donors (Lipinski definition) is 0. The van der Waals surface area contributed by atoms with Gasteiger partial charge in [0.15, 0.2) is 0 Å². The molecule has 58 valence electrons. The molecule has 1 heteroatoms. The van der Waals surface area contributed by atoms with E-state index in [2.05, 4.69) is 13.8 Å². The summed E-state index contributed by atoms with van der Waals surface area (Å²) in [4.78, 5) is 0. The van der Waals surface area contributed by atoms with Crippen molar-refractivity contribution in [1.29, 1.82) is 0 Å². The Labute approximate surface area is 62.8 Å². The van der Waals surface area contributed by atoms with Crippen LogP contribution >= 0.6 is 0 Å². The molecule has 0 amide bonds. The van der Waals surface area contributed by atoms with Crippen molar-refractivity contribution in [2.24, 2.45) is 11.3 Å². The van der Waals surface area contributed by atoms with E-state index < -0.39 is 0 Å². The second-order valence-electron chi connectivity index (χ2n) is 3.94. The molecule has 0 aromatic rings. The van der Waals surface area contributed by atoms with Gasteiger partial charge < -0.3 is 4.74 Å². The summed E-state index contributed by atoms with van der Waals surface area (Å²) < 4.78 is 5.59. The predicted octanol–water partition coefficient (Wildman–Crippen LogP) is 2.21. The van der Waals surface area contributed by atoms with E-state index in [0.29, 0.717) is 11.5 Å². The fourth-order valence-electron chi connectivity index (χ4n) is 2.47. The molecule has 0 radical (unpaired) electrons. The summed E-state index contributed by atoms with van der Waals surface area (Å²) >= 11 is 0. The van der Waals surface area contributed by atoms with Crippen LogP contribution in [0, 0.1) is 11.3 Å². The van der Waals surface area contributed by atoms with Crippen LogP contribution in [0.25, 0.3) is 0 Å². The topological polar surface area (TPSA) is 9.23 Å². The van der Waals surface area contributed by atoms with Crippen LogP contribution in [-0.4, -0.2) is 12.7 Å². The molecule has 3 fully saturated rings. The molecule has 0 N–H and O–H groups in total. The lowest BCUT2D eigenvalue weighted by molar-refractivity contribution is -0.193. The lowest BCUT2D eigenvalue weighted by atomic mass is 9.42. The number of hydrogen-bond acceptors (Lipinski definition) is 1. The van der Waals surface area contributed by atoms with E-state index >= 15 is 0 Å². The standard InChI is InChI=1S/C9H16O/c1-3-10-7(2)9-4-8(5-9)6-9/h7-8H,3-6H2,1-2H3. The van der Waals surface area contributed by atoms with Gasteiger partial charge in [-0.1, -0.05) is 0 Å². The lowest BCUT2D eigenvalue weighted by Crippen LogP contribution is -2.58. The Hall–Kier alpha value is -0.0400. The van der Waals surface area contributed by atoms with E-state index in [-0.39, 0.29) is 0 Å². The summed E-state index contributed by atoms with van der Waals surface area (Å²) in [5.41, 5.74) is 0.653. The van der Waals surface area contributed by atoms with E-state index in [1.165, 1.54) is 19.3 Å². The Bertz CT molecular complexity index is 125. The Morgan fingerprint density at radius 2 is 2.10 bits per heavy atom. The Morgan fingerprint density at radius 1 is 1.50 bits per heavy atom. The highest BCUT2D eigenvalue weighted by molar-refractivity contribution is 5.09. The molecular formula is C9H16O. The van der Waals surface area contributed by atoms with Gasteiger partial charge in [0.2, 0.25) is 0 Å².